The molecule has 3 nitrogen and oxygen atoms in total. The Balaban J connectivity index is 2.17. The van der Waals surface area contributed by atoms with Crippen LogP contribution in [0.5, 0.6) is 0 Å². The average molecular weight is 267 g/mol. The Labute approximate surface area is 96.9 Å². The molecule has 1 saturated carbocycles. The number of aliphatic hydroxyl groups excluding tert-OH is 1. The fourth-order valence-corrected chi connectivity index (χ4v) is 1.93. The van der Waals surface area contributed by atoms with Gasteiger partial charge in [-0.25, -0.2) is 0 Å². The van der Waals surface area contributed by atoms with Crippen molar-refractivity contribution in [2.75, 3.05) is 11.9 Å². The zero-order valence-electron chi connectivity index (χ0n) is 8.13. The van der Waals surface area contributed by atoms with E-state index in [2.05, 4.69) is 27.3 Å². The molecule has 0 aromatic heterocycles. The molecule has 78 valence electrons. The lowest BCUT2D eigenvalue weighted by molar-refractivity contribution is 0.266. The van der Waals surface area contributed by atoms with Crippen LogP contribution in [0.2, 0.25) is 0 Å². The number of halogens is 1. The van der Waals surface area contributed by atoms with Crippen LogP contribution in [0.1, 0.15) is 18.4 Å². The van der Waals surface area contributed by atoms with E-state index in [9.17, 15) is 0 Å². The molecule has 0 bridgehead atoms. The van der Waals surface area contributed by atoms with Crippen molar-refractivity contribution in [3.05, 3.63) is 28.2 Å². The molecule has 1 aromatic carbocycles. The van der Waals surface area contributed by atoms with Gasteiger partial charge in [0.05, 0.1) is 17.7 Å². The predicted molar refractivity (Wildman–Crippen MR) is 61.5 cm³/mol. The Morgan fingerprint density at radius 1 is 1.53 bits per heavy atom. The van der Waals surface area contributed by atoms with E-state index in [0.29, 0.717) is 5.56 Å². The molecule has 0 atom stereocenters. The molecule has 1 fully saturated rings. The van der Waals surface area contributed by atoms with Gasteiger partial charge in [-0.3, -0.25) is 0 Å². The molecule has 0 unspecified atom stereocenters. The van der Waals surface area contributed by atoms with E-state index in [1.807, 2.05) is 12.1 Å². The van der Waals surface area contributed by atoms with Crippen LogP contribution in [0, 0.1) is 11.3 Å². The number of rotatable bonds is 3. The van der Waals surface area contributed by atoms with Gasteiger partial charge in [0.25, 0.3) is 0 Å². The molecule has 15 heavy (non-hydrogen) atoms. The normalized spacial score (nSPS) is 16.9. The van der Waals surface area contributed by atoms with Crippen LogP contribution < -0.4 is 5.32 Å². The number of nitrogens with zero attached hydrogens (tertiary/aromatic N) is 1. The van der Waals surface area contributed by atoms with E-state index in [0.717, 1.165) is 23.0 Å². The number of nitriles is 1. The molecule has 2 N–H and O–H groups in total. The maximum Gasteiger partial charge on any atom is 0.100 e. The molecule has 0 radical (unpaired) electrons. The lowest BCUT2D eigenvalue weighted by atomic mass is 10.2. The number of benzene rings is 1. The predicted octanol–water partition coefficient (Wildman–Crippen LogP) is 2.26. The van der Waals surface area contributed by atoms with Crippen LogP contribution in [-0.4, -0.2) is 17.3 Å². The first-order valence-electron chi connectivity index (χ1n) is 4.78. The molecule has 1 aliphatic rings. The number of hydrogen-bond donors (Lipinski definition) is 2. The summed E-state index contributed by atoms with van der Waals surface area (Å²) < 4.78 is 0.781. The quantitative estimate of drug-likeness (QED) is 0.883. The first-order valence-corrected chi connectivity index (χ1v) is 5.57. The van der Waals surface area contributed by atoms with Gasteiger partial charge in [-0.1, -0.05) is 0 Å². The minimum Gasteiger partial charge on any atom is -0.394 e. The zero-order valence-corrected chi connectivity index (χ0v) is 9.71. The van der Waals surface area contributed by atoms with Crippen LogP contribution in [0.4, 0.5) is 5.69 Å². The van der Waals surface area contributed by atoms with Crippen molar-refractivity contribution in [2.24, 2.45) is 0 Å². The first kappa shape index (κ1) is 10.5. The van der Waals surface area contributed by atoms with Crippen LogP contribution in [0.3, 0.4) is 0 Å². The van der Waals surface area contributed by atoms with Crippen LogP contribution >= 0.6 is 15.9 Å². The average Bonchev–Trinajstić information content (AvgIpc) is 2.99. The van der Waals surface area contributed by atoms with E-state index in [4.69, 9.17) is 10.4 Å². The Morgan fingerprint density at radius 3 is 2.73 bits per heavy atom. The summed E-state index contributed by atoms with van der Waals surface area (Å²) in [5, 5.41) is 21.2. The summed E-state index contributed by atoms with van der Waals surface area (Å²) >= 11 is 3.33. The molecule has 0 aliphatic heterocycles. The topological polar surface area (TPSA) is 56.0 Å². The molecule has 1 aliphatic carbocycles. The van der Waals surface area contributed by atoms with Gasteiger partial charge in [-0.15, -0.1) is 0 Å². The van der Waals surface area contributed by atoms with E-state index in [1.54, 1.807) is 6.07 Å². The fraction of sp³-hybridized carbons (Fsp3) is 0.364. The second-order valence-corrected chi connectivity index (χ2v) is 4.72. The lowest BCUT2D eigenvalue weighted by Crippen LogP contribution is -2.25. The largest absolute Gasteiger partial charge is 0.394 e. The van der Waals surface area contributed by atoms with Gasteiger partial charge in [0.1, 0.15) is 6.07 Å². The molecule has 0 heterocycles. The van der Waals surface area contributed by atoms with Crippen molar-refractivity contribution >= 4 is 21.6 Å². The Morgan fingerprint density at radius 2 is 2.27 bits per heavy atom. The molecule has 4 heteroatoms. The molecule has 0 saturated heterocycles. The van der Waals surface area contributed by atoms with Crippen LogP contribution in [-0.2, 0) is 0 Å². The maximum absolute atomic E-state index is 9.16. The van der Waals surface area contributed by atoms with Gasteiger partial charge in [-0.05, 0) is 47.0 Å². The van der Waals surface area contributed by atoms with Crippen LogP contribution in [0.15, 0.2) is 22.7 Å². The molecule has 0 spiro atoms. The van der Waals surface area contributed by atoms with Gasteiger partial charge < -0.3 is 10.4 Å². The highest BCUT2D eigenvalue weighted by molar-refractivity contribution is 9.10. The van der Waals surface area contributed by atoms with Gasteiger partial charge in [-0.2, -0.15) is 5.26 Å². The second-order valence-electron chi connectivity index (χ2n) is 3.87. The first-order chi connectivity index (χ1) is 7.19. The zero-order chi connectivity index (χ0) is 10.9. The summed E-state index contributed by atoms with van der Waals surface area (Å²) in [6.07, 6.45) is 2.00. The molecular weight excluding hydrogens is 256 g/mol. The summed E-state index contributed by atoms with van der Waals surface area (Å²) in [6.45, 7) is 0.157. The van der Waals surface area contributed by atoms with Gasteiger partial charge in [0.2, 0.25) is 0 Å². The summed E-state index contributed by atoms with van der Waals surface area (Å²) in [6, 6.07) is 7.58. The third-order valence-corrected chi connectivity index (χ3v) is 3.31. The van der Waals surface area contributed by atoms with E-state index in [1.165, 1.54) is 0 Å². The van der Waals surface area contributed by atoms with Crippen molar-refractivity contribution in [2.45, 2.75) is 18.4 Å². The fourth-order valence-electron chi connectivity index (χ4n) is 1.46. The molecule has 0 amide bonds. The third kappa shape index (κ3) is 2.14. The van der Waals surface area contributed by atoms with E-state index >= 15 is 0 Å². The van der Waals surface area contributed by atoms with Gasteiger partial charge in [0.15, 0.2) is 0 Å². The number of anilines is 1. The Hall–Kier alpha value is -1.05. The highest BCUT2D eigenvalue weighted by Gasteiger charge is 2.41. The molecule has 1 aromatic rings. The van der Waals surface area contributed by atoms with Crippen molar-refractivity contribution in [3.8, 4) is 6.07 Å². The standard InChI is InChI=1S/C11H11BrN2O/c12-10-5-9(2-1-8(10)6-13)14-11(7-15)3-4-11/h1-2,5,14-15H,3-4,7H2. The summed E-state index contributed by atoms with van der Waals surface area (Å²) in [7, 11) is 0. The van der Waals surface area contributed by atoms with Crippen LogP contribution in [0.25, 0.3) is 0 Å². The molecular formula is C11H11BrN2O. The summed E-state index contributed by atoms with van der Waals surface area (Å²) in [5.74, 6) is 0. The third-order valence-electron chi connectivity index (χ3n) is 2.66. The summed E-state index contributed by atoms with van der Waals surface area (Å²) in [5.41, 5.74) is 1.44. The SMILES string of the molecule is N#Cc1ccc(NC2(CO)CC2)cc1Br. The Kier molecular flexibility index (Phi) is 2.68. The summed E-state index contributed by atoms with van der Waals surface area (Å²) in [4.78, 5) is 0. The Bertz CT molecular complexity index is 421. The minimum atomic E-state index is -0.117. The monoisotopic (exact) mass is 266 g/mol. The smallest absolute Gasteiger partial charge is 0.100 e. The lowest BCUT2D eigenvalue weighted by Gasteiger charge is -2.16. The second kappa shape index (κ2) is 3.84. The van der Waals surface area contributed by atoms with E-state index in [-0.39, 0.29) is 12.1 Å². The van der Waals surface area contributed by atoms with Crippen molar-refractivity contribution in [3.63, 3.8) is 0 Å². The van der Waals surface area contributed by atoms with Crippen molar-refractivity contribution in [1.29, 1.82) is 5.26 Å². The van der Waals surface area contributed by atoms with Crippen molar-refractivity contribution < 1.29 is 5.11 Å². The highest BCUT2D eigenvalue weighted by atomic mass is 79.9. The number of hydrogen-bond acceptors (Lipinski definition) is 3. The van der Waals surface area contributed by atoms with Gasteiger partial charge >= 0.3 is 0 Å². The van der Waals surface area contributed by atoms with Crippen molar-refractivity contribution in [1.82, 2.24) is 0 Å². The minimum absolute atomic E-state index is 0.117. The van der Waals surface area contributed by atoms with E-state index < -0.39 is 0 Å². The number of nitrogens with one attached hydrogen (secondary N) is 1. The van der Waals surface area contributed by atoms with Gasteiger partial charge in [0, 0.05) is 10.2 Å². The maximum atomic E-state index is 9.16. The molecule has 2 rings (SSSR count). The number of aliphatic hydroxyl groups is 1. The highest BCUT2D eigenvalue weighted by Crippen LogP contribution is 2.38.